The zero-order valence-corrected chi connectivity index (χ0v) is 16.2. The molecule has 0 bridgehead atoms. The number of thioether (sulfide) groups is 1. The van der Waals surface area contributed by atoms with Crippen LogP contribution in [0.15, 0.2) is 59.6 Å². The molecule has 1 heterocycles. The first-order chi connectivity index (χ1) is 13.1. The first kappa shape index (κ1) is 19.0. The second-order valence-electron chi connectivity index (χ2n) is 5.80. The lowest BCUT2D eigenvalue weighted by molar-refractivity contribution is 0.404. The van der Waals surface area contributed by atoms with E-state index in [1.54, 1.807) is 43.3 Å². The number of halogens is 1. The number of rotatable bonds is 7. The van der Waals surface area contributed by atoms with Gasteiger partial charge >= 0.3 is 0 Å². The highest BCUT2D eigenvalue weighted by atomic mass is 32.2. The Morgan fingerprint density at radius 2 is 1.89 bits per heavy atom. The maximum absolute atomic E-state index is 13.0. The minimum Gasteiger partial charge on any atom is -0.496 e. The first-order valence-electron chi connectivity index (χ1n) is 8.27. The van der Waals surface area contributed by atoms with Gasteiger partial charge in [0.1, 0.15) is 17.3 Å². The Morgan fingerprint density at radius 3 is 2.59 bits per heavy atom. The van der Waals surface area contributed by atoms with E-state index < -0.39 is 0 Å². The maximum atomic E-state index is 13.0. The molecule has 140 valence electrons. The molecule has 27 heavy (non-hydrogen) atoms. The average Bonchev–Trinajstić information content (AvgIpc) is 2.70. The van der Waals surface area contributed by atoms with Crippen LogP contribution in [0.3, 0.4) is 0 Å². The van der Waals surface area contributed by atoms with Gasteiger partial charge in [-0.25, -0.2) is 9.37 Å². The number of hydrogen-bond acceptors (Lipinski definition) is 6. The average molecular weight is 385 g/mol. The van der Waals surface area contributed by atoms with Gasteiger partial charge in [0.15, 0.2) is 0 Å². The highest BCUT2D eigenvalue weighted by Crippen LogP contribution is 2.29. The second-order valence-corrected chi connectivity index (χ2v) is 6.64. The smallest absolute Gasteiger partial charge is 0.228 e. The number of methoxy groups -OCH3 is 1. The molecule has 7 heteroatoms. The van der Waals surface area contributed by atoms with E-state index in [1.165, 1.54) is 12.1 Å². The summed E-state index contributed by atoms with van der Waals surface area (Å²) in [5, 5.41) is 0. The third-order valence-electron chi connectivity index (χ3n) is 3.86. The number of anilines is 1. The standard InChI is InChI=1S/C20H20FN3O2S/c1-24(13-14-4-9-18(27-3)17(12-14)25-2)20-22-11-10-19(23-20)26-16-7-5-15(21)6-8-16/h4-12H,13H2,1-3H3. The number of benzene rings is 2. The van der Waals surface area contributed by atoms with Gasteiger partial charge < -0.3 is 14.4 Å². The molecule has 3 rings (SSSR count). The molecule has 0 unspecified atom stereocenters. The van der Waals surface area contributed by atoms with Crippen LogP contribution >= 0.6 is 11.8 Å². The van der Waals surface area contributed by atoms with Crippen LogP contribution in [0.4, 0.5) is 10.3 Å². The van der Waals surface area contributed by atoms with E-state index in [4.69, 9.17) is 9.47 Å². The minimum atomic E-state index is -0.312. The maximum Gasteiger partial charge on any atom is 0.228 e. The lowest BCUT2D eigenvalue weighted by Gasteiger charge is -2.18. The monoisotopic (exact) mass is 385 g/mol. The molecular formula is C20H20FN3O2S. The second kappa shape index (κ2) is 8.73. The highest BCUT2D eigenvalue weighted by molar-refractivity contribution is 7.98. The van der Waals surface area contributed by atoms with E-state index in [9.17, 15) is 4.39 Å². The van der Waals surface area contributed by atoms with Crippen molar-refractivity contribution >= 4 is 17.7 Å². The van der Waals surface area contributed by atoms with Crippen LogP contribution in [-0.4, -0.2) is 30.4 Å². The van der Waals surface area contributed by atoms with Gasteiger partial charge in [0.25, 0.3) is 0 Å². The quantitative estimate of drug-likeness (QED) is 0.546. The predicted molar refractivity (Wildman–Crippen MR) is 105 cm³/mol. The number of hydrogen-bond donors (Lipinski definition) is 0. The summed E-state index contributed by atoms with van der Waals surface area (Å²) >= 11 is 1.64. The SMILES string of the molecule is COc1cc(CN(C)c2nccc(Oc3ccc(F)cc3)n2)ccc1SC. The van der Waals surface area contributed by atoms with Gasteiger partial charge in [-0.3, -0.25) is 0 Å². The zero-order chi connectivity index (χ0) is 19.2. The van der Waals surface area contributed by atoms with E-state index in [-0.39, 0.29) is 5.82 Å². The van der Waals surface area contributed by atoms with Crippen LogP contribution in [0.25, 0.3) is 0 Å². The summed E-state index contributed by atoms with van der Waals surface area (Å²) < 4.78 is 24.1. The molecule has 0 fully saturated rings. The molecule has 5 nitrogen and oxygen atoms in total. The fourth-order valence-electron chi connectivity index (χ4n) is 2.52. The van der Waals surface area contributed by atoms with E-state index >= 15 is 0 Å². The van der Waals surface area contributed by atoms with Crippen molar-refractivity contribution in [3.05, 3.63) is 66.1 Å². The zero-order valence-electron chi connectivity index (χ0n) is 15.3. The molecule has 0 atom stereocenters. The fraction of sp³-hybridized carbons (Fsp3) is 0.200. The molecule has 0 spiro atoms. The Labute approximate surface area is 162 Å². The molecule has 0 aliphatic rings. The van der Waals surface area contributed by atoms with Crippen LogP contribution in [-0.2, 0) is 6.54 Å². The van der Waals surface area contributed by atoms with Gasteiger partial charge in [-0.2, -0.15) is 4.98 Å². The van der Waals surface area contributed by atoms with Crippen molar-refractivity contribution in [3.63, 3.8) is 0 Å². The van der Waals surface area contributed by atoms with Crippen molar-refractivity contribution in [2.75, 3.05) is 25.3 Å². The summed E-state index contributed by atoms with van der Waals surface area (Å²) in [6, 6.07) is 13.6. The summed E-state index contributed by atoms with van der Waals surface area (Å²) in [6.45, 7) is 0.616. The van der Waals surface area contributed by atoms with Crippen molar-refractivity contribution in [1.29, 1.82) is 0 Å². The predicted octanol–water partition coefficient (Wildman–Crippen LogP) is 4.77. The van der Waals surface area contributed by atoms with Gasteiger partial charge in [-0.05, 0) is 48.2 Å². The van der Waals surface area contributed by atoms with Crippen molar-refractivity contribution in [3.8, 4) is 17.4 Å². The topological polar surface area (TPSA) is 47.5 Å². The summed E-state index contributed by atoms with van der Waals surface area (Å²) in [7, 11) is 3.58. The fourth-order valence-corrected chi connectivity index (χ4v) is 3.07. The van der Waals surface area contributed by atoms with E-state index in [1.807, 2.05) is 30.3 Å². The lowest BCUT2D eigenvalue weighted by Crippen LogP contribution is -2.19. The molecule has 2 aromatic carbocycles. The normalized spacial score (nSPS) is 10.5. The van der Waals surface area contributed by atoms with Crippen LogP contribution < -0.4 is 14.4 Å². The summed E-state index contributed by atoms with van der Waals surface area (Å²) in [5.41, 5.74) is 1.08. The third-order valence-corrected chi connectivity index (χ3v) is 4.64. The van der Waals surface area contributed by atoms with Gasteiger partial charge in [0, 0.05) is 30.8 Å². The van der Waals surface area contributed by atoms with Gasteiger partial charge in [0.2, 0.25) is 11.8 Å². The van der Waals surface area contributed by atoms with Crippen LogP contribution in [0.2, 0.25) is 0 Å². The van der Waals surface area contributed by atoms with E-state index in [0.29, 0.717) is 24.1 Å². The van der Waals surface area contributed by atoms with E-state index in [0.717, 1.165) is 16.2 Å². The molecule has 0 N–H and O–H groups in total. The largest absolute Gasteiger partial charge is 0.496 e. The first-order valence-corrected chi connectivity index (χ1v) is 9.50. The molecule has 0 radical (unpaired) electrons. The molecule has 3 aromatic rings. The Hall–Kier alpha value is -2.80. The molecule has 0 saturated carbocycles. The van der Waals surface area contributed by atoms with Gasteiger partial charge in [-0.15, -0.1) is 11.8 Å². The molecule has 0 aliphatic carbocycles. The highest BCUT2D eigenvalue weighted by Gasteiger charge is 2.10. The molecule has 1 aromatic heterocycles. The number of aromatic nitrogens is 2. The Kier molecular flexibility index (Phi) is 6.13. The number of nitrogens with zero attached hydrogens (tertiary/aromatic N) is 3. The summed E-state index contributed by atoms with van der Waals surface area (Å²) in [6.07, 6.45) is 3.65. The Bertz CT molecular complexity index is 906. The minimum absolute atomic E-state index is 0.312. The van der Waals surface area contributed by atoms with Crippen LogP contribution in [0.5, 0.6) is 17.4 Å². The van der Waals surface area contributed by atoms with E-state index in [2.05, 4.69) is 16.0 Å². The third kappa shape index (κ3) is 4.89. The molecule has 0 amide bonds. The summed E-state index contributed by atoms with van der Waals surface area (Å²) in [4.78, 5) is 11.7. The van der Waals surface area contributed by atoms with Gasteiger partial charge in [-0.1, -0.05) is 6.07 Å². The molecular weight excluding hydrogens is 365 g/mol. The molecule has 0 aliphatic heterocycles. The van der Waals surface area contributed by atoms with Crippen LogP contribution in [0, 0.1) is 5.82 Å². The van der Waals surface area contributed by atoms with Crippen molar-refractivity contribution in [1.82, 2.24) is 9.97 Å². The van der Waals surface area contributed by atoms with Gasteiger partial charge in [0.05, 0.1) is 7.11 Å². The van der Waals surface area contributed by atoms with Crippen molar-refractivity contribution < 1.29 is 13.9 Å². The Balaban J connectivity index is 1.73. The molecule has 0 saturated heterocycles. The summed E-state index contributed by atoms with van der Waals surface area (Å²) in [5.74, 6) is 1.98. The van der Waals surface area contributed by atoms with Crippen molar-refractivity contribution in [2.24, 2.45) is 0 Å². The Morgan fingerprint density at radius 1 is 1.11 bits per heavy atom. The van der Waals surface area contributed by atoms with Crippen molar-refractivity contribution in [2.45, 2.75) is 11.4 Å². The van der Waals surface area contributed by atoms with Crippen LogP contribution in [0.1, 0.15) is 5.56 Å². The lowest BCUT2D eigenvalue weighted by atomic mass is 10.2. The number of ether oxygens (including phenoxy) is 2.